The molecule has 6 heteroatoms. The van der Waals surface area contributed by atoms with Gasteiger partial charge in [-0.2, -0.15) is 0 Å². The Labute approximate surface area is 126 Å². The predicted molar refractivity (Wildman–Crippen MR) is 84.0 cm³/mol. The molecule has 0 bridgehead atoms. The van der Waals surface area contributed by atoms with Crippen LogP contribution in [0.25, 0.3) is 22.5 Å². The summed E-state index contributed by atoms with van der Waals surface area (Å²) in [5, 5.41) is 11.2. The fourth-order valence-electron chi connectivity index (χ4n) is 2.21. The SMILES string of the molecule is Nc1nc(-c2ccccc2)cc(-c2ccccc2[N+](=O)[O-])n1. The van der Waals surface area contributed by atoms with Crippen LogP contribution in [0.5, 0.6) is 0 Å². The average molecular weight is 292 g/mol. The minimum absolute atomic E-state index is 0.0142. The summed E-state index contributed by atoms with van der Waals surface area (Å²) in [7, 11) is 0. The molecule has 0 radical (unpaired) electrons. The van der Waals surface area contributed by atoms with Gasteiger partial charge in [-0.3, -0.25) is 10.1 Å². The van der Waals surface area contributed by atoms with Crippen molar-refractivity contribution in [2.24, 2.45) is 0 Å². The Hall–Kier alpha value is -3.28. The maximum atomic E-state index is 11.2. The number of hydrogen-bond donors (Lipinski definition) is 1. The predicted octanol–water partition coefficient (Wildman–Crippen LogP) is 3.30. The van der Waals surface area contributed by atoms with E-state index in [-0.39, 0.29) is 11.6 Å². The van der Waals surface area contributed by atoms with E-state index in [9.17, 15) is 10.1 Å². The van der Waals surface area contributed by atoms with E-state index in [1.807, 2.05) is 30.3 Å². The summed E-state index contributed by atoms with van der Waals surface area (Å²) >= 11 is 0. The largest absolute Gasteiger partial charge is 0.368 e. The molecular formula is C16H12N4O2. The molecule has 0 amide bonds. The zero-order valence-electron chi connectivity index (χ0n) is 11.5. The summed E-state index contributed by atoms with van der Waals surface area (Å²) in [6.45, 7) is 0. The van der Waals surface area contributed by atoms with Crippen LogP contribution in [0.3, 0.4) is 0 Å². The van der Waals surface area contributed by atoms with Crippen molar-refractivity contribution in [2.75, 3.05) is 5.73 Å². The molecular weight excluding hydrogens is 280 g/mol. The molecule has 22 heavy (non-hydrogen) atoms. The van der Waals surface area contributed by atoms with Gasteiger partial charge < -0.3 is 5.73 Å². The first-order valence-electron chi connectivity index (χ1n) is 6.59. The van der Waals surface area contributed by atoms with E-state index >= 15 is 0 Å². The zero-order valence-corrected chi connectivity index (χ0v) is 11.5. The molecule has 1 aromatic heterocycles. The van der Waals surface area contributed by atoms with Crippen LogP contribution in [0.15, 0.2) is 60.7 Å². The first-order chi connectivity index (χ1) is 10.6. The Morgan fingerprint density at radius 1 is 0.909 bits per heavy atom. The number of benzene rings is 2. The molecule has 0 saturated carbocycles. The first kappa shape index (κ1) is 13.7. The molecule has 3 rings (SSSR count). The van der Waals surface area contributed by atoms with Crippen molar-refractivity contribution in [1.82, 2.24) is 9.97 Å². The van der Waals surface area contributed by atoms with Gasteiger partial charge in [0.2, 0.25) is 5.95 Å². The molecule has 108 valence electrons. The average Bonchev–Trinajstić information content (AvgIpc) is 2.55. The third kappa shape index (κ3) is 2.62. The van der Waals surface area contributed by atoms with Gasteiger partial charge in [0.1, 0.15) is 0 Å². The third-order valence-electron chi connectivity index (χ3n) is 3.19. The Balaban J connectivity index is 2.17. The lowest BCUT2D eigenvalue weighted by Crippen LogP contribution is -2.00. The molecule has 6 nitrogen and oxygen atoms in total. The second-order valence-corrected chi connectivity index (χ2v) is 4.64. The van der Waals surface area contributed by atoms with Crippen molar-refractivity contribution in [2.45, 2.75) is 0 Å². The molecule has 0 spiro atoms. The summed E-state index contributed by atoms with van der Waals surface area (Å²) in [6.07, 6.45) is 0. The number of para-hydroxylation sites is 1. The van der Waals surface area contributed by atoms with Gasteiger partial charge >= 0.3 is 0 Å². The van der Waals surface area contributed by atoms with Gasteiger partial charge in [0, 0.05) is 11.6 Å². The lowest BCUT2D eigenvalue weighted by molar-refractivity contribution is -0.384. The first-order valence-corrected chi connectivity index (χ1v) is 6.59. The number of nitro benzene ring substituents is 1. The van der Waals surface area contributed by atoms with Crippen molar-refractivity contribution in [1.29, 1.82) is 0 Å². The second-order valence-electron chi connectivity index (χ2n) is 4.64. The quantitative estimate of drug-likeness (QED) is 0.590. The minimum Gasteiger partial charge on any atom is -0.368 e. The van der Waals surface area contributed by atoms with E-state index in [0.29, 0.717) is 17.0 Å². The van der Waals surface area contributed by atoms with Crippen LogP contribution in [0.1, 0.15) is 0 Å². The van der Waals surface area contributed by atoms with E-state index in [2.05, 4.69) is 9.97 Å². The molecule has 1 heterocycles. The smallest absolute Gasteiger partial charge is 0.278 e. The molecule has 0 aliphatic rings. The standard InChI is InChI=1S/C16H12N4O2/c17-16-18-13(11-6-2-1-3-7-11)10-14(19-16)12-8-4-5-9-15(12)20(21)22/h1-10H,(H2,17,18,19). The molecule has 2 N–H and O–H groups in total. The van der Waals surface area contributed by atoms with Crippen molar-refractivity contribution in [3.8, 4) is 22.5 Å². The molecule has 2 aromatic carbocycles. The summed E-state index contributed by atoms with van der Waals surface area (Å²) in [5.41, 5.74) is 8.10. The van der Waals surface area contributed by atoms with E-state index < -0.39 is 4.92 Å². The highest BCUT2D eigenvalue weighted by Gasteiger charge is 2.17. The number of nitro groups is 1. The van der Waals surface area contributed by atoms with Gasteiger partial charge in [0.05, 0.1) is 21.9 Å². The van der Waals surface area contributed by atoms with E-state index in [1.165, 1.54) is 6.07 Å². The monoisotopic (exact) mass is 292 g/mol. The molecule has 0 atom stereocenters. The minimum atomic E-state index is -0.435. The van der Waals surface area contributed by atoms with Gasteiger partial charge in [-0.25, -0.2) is 9.97 Å². The molecule has 0 fully saturated rings. The zero-order chi connectivity index (χ0) is 15.5. The Kier molecular flexibility index (Phi) is 3.49. The Morgan fingerprint density at radius 2 is 1.55 bits per heavy atom. The van der Waals surface area contributed by atoms with E-state index in [1.54, 1.807) is 24.3 Å². The number of anilines is 1. The lowest BCUT2D eigenvalue weighted by atomic mass is 10.1. The van der Waals surface area contributed by atoms with Gasteiger partial charge in [-0.05, 0) is 12.1 Å². The summed E-state index contributed by atoms with van der Waals surface area (Å²) in [6, 6.07) is 17.6. The van der Waals surface area contributed by atoms with Crippen LogP contribution in [0, 0.1) is 10.1 Å². The molecule has 0 unspecified atom stereocenters. The number of hydrogen-bond acceptors (Lipinski definition) is 5. The van der Waals surface area contributed by atoms with E-state index in [4.69, 9.17) is 5.73 Å². The van der Waals surface area contributed by atoms with Crippen LogP contribution in [0.2, 0.25) is 0 Å². The van der Waals surface area contributed by atoms with Crippen LogP contribution in [-0.4, -0.2) is 14.9 Å². The van der Waals surface area contributed by atoms with Gasteiger partial charge in [-0.1, -0.05) is 42.5 Å². The van der Waals surface area contributed by atoms with Crippen molar-refractivity contribution >= 4 is 11.6 Å². The van der Waals surface area contributed by atoms with Crippen LogP contribution in [-0.2, 0) is 0 Å². The highest BCUT2D eigenvalue weighted by molar-refractivity contribution is 5.75. The highest BCUT2D eigenvalue weighted by atomic mass is 16.6. The molecule has 0 aliphatic carbocycles. The Bertz CT molecular complexity index is 835. The summed E-state index contributed by atoms with van der Waals surface area (Å²) in [4.78, 5) is 19.1. The lowest BCUT2D eigenvalue weighted by Gasteiger charge is -2.06. The normalized spacial score (nSPS) is 10.4. The van der Waals surface area contributed by atoms with Crippen molar-refractivity contribution < 1.29 is 4.92 Å². The highest BCUT2D eigenvalue weighted by Crippen LogP contribution is 2.30. The molecule has 3 aromatic rings. The topological polar surface area (TPSA) is 94.9 Å². The molecule has 0 saturated heterocycles. The fourth-order valence-corrected chi connectivity index (χ4v) is 2.21. The number of rotatable bonds is 3. The number of nitrogen functional groups attached to an aromatic ring is 1. The van der Waals surface area contributed by atoms with Crippen LogP contribution < -0.4 is 5.73 Å². The maximum absolute atomic E-state index is 11.2. The molecule has 0 aliphatic heterocycles. The van der Waals surface area contributed by atoms with E-state index in [0.717, 1.165) is 5.56 Å². The second kappa shape index (κ2) is 5.61. The third-order valence-corrected chi connectivity index (χ3v) is 3.19. The maximum Gasteiger partial charge on any atom is 0.278 e. The summed E-state index contributed by atoms with van der Waals surface area (Å²) in [5.74, 6) is 0.0782. The number of aromatic nitrogens is 2. The van der Waals surface area contributed by atoms with Crippen LogP contribution in [0.4, 0.5) is 11.6 Å². The van der Waals surface area contributed by atoms with Gasteiger partial charge in [-0.15, -0.1) is 0 Å². The van der Waals surface area contributed by atoms with Gasteiger partial charge in [0.15, 0.2) is 0 Å². The van der Waals surface area contributed by atoms with Crippen molar-refractivity contribution in [3.05, 3.63) is 70.8 Å². The van der Waals surface area contributed by atoms with Crippen LogP contribution >= 0.6 is 0 Å². The van der Waals surface area contributed by atoms with Crippen molar-refractivity contribution in [3.63, 3.8) is 0 Å². The fraction of sp³-hybridized carbons (Fsp3) is 0. The number of nitrogens with zero attached hydrogens (tertiary/aromatic N) is 3. The summed E-state index contributed by atoms with van der Waals surface area (Å²) < 4.78 is 0. The Morgan fingerprint density at radius 3 is 2.27 bits per heavy atom. The number of nitrogens with two attached hydrogens (primary N) is 1. The van der Waals surface area contributed by atoms with Gasteiger partial charge in [0.25, 0.3) is 5.69 Å².